The average molecular weight is 234 g/mol. The summed E-state index contributed by atoms with van der Waals surface area (Å²) in [6.45, 7) is 3.16. The summed E-state index contributed by atoms with van der Waals surface area (Å²) in [7, 11) is 0. The second-order valence-corrected chi connectivity index (χ2v) is 4.41. The third-order valence-electron chi connectivity index (χ3n) is 2.94. The van der Waals surface area contributed by atoms with Crippen molar-refractivity contribution in [2.24, 2.45) is 5.73 Å². The molecule has 1 amide bonds. The van der Waals surface area contributed by atoms with E-state index in [0.29, 0.717) is 6.54 Å². The molecule has 0 radical (unpaired) electrons. The lowest BCUT2D eigenvalue weighted by molar-refractivity contribution is -0.136. The van der Waals surface area contributed by atoms with E-state index in [0.717, 1.165) is 18.7 Å². The van der Waals surface area contributed by atoms with Crippen LogP contribution >= 0.6 is 0 Å². The maximum atomic E-state index is 12.0. The lowest BCUT2D eigenvalue weighted by Gasteiger charge is -2.21. The van der Waals surface area contributed by atoms with E-state index in [1.54, 1.807) is 11.8 Å². The Morgan fingerprint density at radius 2 is 2.18 bits per heavy atom. The van der Waals surface area contributed by atoms with Gasteiger partial charge < -0.3 is 15.4 Å². The lowest BCUT2D eigenvalue weighted by Crippen LogP contribution is -2.40. The third-order valence-corrected chi connectivity index (χ3v) is 2.94. The summed E-state index contributed by atoms with van der Waals surface area (Å²) < 4.78 is 5.59. The molecule has 0 saturated carbocycles. The number of hydrogen-bond acceptors (Lipinski definition) is 3. The number of amides is 1. The fraction of sp³-hybridized carbons (Fsp3) is 0.462. The minimum Gasteiger partial charge on any atom is -0.481 e. The maximum Gasteiger partial charge on any atom is 0.263 e. The van der Waals surface area contributed by atoms with E-state index in [4.69, 9.17) is 10.5 Å². The predicted octanol–water partition coefficient (Wildman–Crippen LogP) is 1.01. The van der Waals surface area contributed by atoms with Gasteiger partial charge in [-0.1, -0.05) is 18.2 Å². The molecule has 92 valence electrons. The Labute approximate surface area is 101 Å². The molecule has 1 aliphatic rings. The average Bonchev–Trinajstić information content (AvgIpc) is 2.76. The van der Waals surface area contributed by atoms with Gasteiger partial charge in [0.05, 0.1) is 0 Å². The van der Waals surface area contributed by atoms with Crippen LogP contribution in [0.15, 0.2) is 30.3 Å². The van der Waals surface area contributed by atoms with Gasteiger partial charge in [-0.25, -0.2) is 0 Å². The summed E-state index contributed by atoms with van der Waals surface area (Å²) in [5.74, 6) is 0.735. The summed E-state index contributed by atoms with van der Waals surface area (Å²) in [6.07, 6.45) is 0.423. The normalized spacial score (nSPS) is 21.3. The Morgan fingerprint density at radius 3 is 2.76 bits per heavy atom. The molecule has 0 spiro atoms. The quantitative estimate of drug-likeness (QED) is 0.849. The van der Waals surface area contributed by atoms with Crippen molar-refractivity contribution in [1.82, 2.24) is 4.90 Å². The number of ether oxygens (including phenoxy) is 1. The zero-order valence-electron chi connectivity index (χ0n) is 10.0. The van der Waals surface area contributed by atoms with Crippen LogP contribution in [0.3, 0.4) is 0 Å². The minimum atomic E-state index is -0.456. The van der Waals surface area contributed by atoms with E-state index in [1.807, 2.05) is 30.3 Å². The summed E-state index contributed by atoms with van der Waals surface area (Å²) in [5, 5.41) is 0. The number of rotatable bonds is 3. The van der Waals surface area contributed by atoms with E-state index >= 15 is 0 Å². The van der Waals surface area contributed by atoms with Crippen molar-refractivity contribution in [2.45, 2.75) is 25.5 Å². The highest BCUT2D eigenvalue weighted by atomic mass is 16.5. The van der Waals surface area contributed by atoms with Gasteiger partial charge >= 0.3 is 0 Å². The monoisotopic (exact) mass is 234 g/mol. The van der Waals surface area contributed by atoms with E-state index < -0.39 is 6.10 Å². The van der Waals surface area contributed by atoms with Gasteiger partial charge in [0.1, 0.15) is 5.75 Å². The van der Waals surface area contributed by atoms with Crippen LogP contribution < -0.4 is 10.5 Å². The molecule has 1 heterocycles. The van der Waals surface area contributed by atoms with Crippen molar-refractivity contribution >= 4 is 5.91 Å². The number of carbonyl (C=O) groups excluding carboxylic acids is 1. The number of carbonyl (C=O) groups is 1. The van der Waals surface area contributed by atoms with Gasteiger partial charge in [0.25, 0.3) is 5.91 Å². The SMILES string of the molecule is C[C@H](Oc1ccccc1)C(=O)N1CC[C@H](N)C1. The first-order valence-electron chi connectivity index (χ1n) is 5.93. The zero-order chi connectivity index (χ0) is 12.3. The molecule has 0 aromatic heterocycles. The van der Waals surface area contributed by atoms with Gasteiger partial charge in [0.15, 0.2) is 6.10 Å². The molecule has 0 bridgehead atoms. The predicted molar refractivity (Wildman–Crippen MR) is 65.7 cm³/mol. The zero-order valence-corrected chi connectivity index (χ0v) is 10.0. The number of nitrogens with two attached hydrogens (primary N) is 1. The van der Waals surface area contributed by atoms with Crippen LogP contribution in [0, 0.1) is 0 Å². The number of nitrogens with zero attached hydrogens (tertiary/aromatic N) is 1. The Kier molecular flexibility index (Phi) is 3.64. The van der Waals surface area contributed by atoms with Crippen molar-refractivity contribution < 1.29 is 9.53 Å². The van der Waals surface area contributed by atoms with Crippen molar-refractivity contribution in [3.05, 3.63) is 30.3 Å². The molecule has 0 unspecified atom stereocenters. The summed E-state index contributed by atoms with van der Waals surface area (Å²) in [4.78, 5) is 13.8. The number of para-hydroxylation sites is 1. The summed E-state index contributed by atoms with van der Waals surface area (Å²) in [5.41, 5.74) is 5.78. The molecule has 0 aliphatic carbocycles. The smallest absolute Gasteiger partial charge is 0.263 e. The molecule has 1 aromatic rings. The molecule has 1 aromatic carbocycles. The van der Waals surface area contributed by atoms with Crippen LogP contribution in [0.2, 0.25) is 0 Å². The molecular weight excluding hydrogens is 216 g/mol. The highest BCUT2D eigenvalue weighted by molar-refractivity contribution is 5.81. The first-order valence-corrected chi connectivity index (χ1v) is 5.93. The van der Waals surface area contributed by atoms with Crippen LogP contribution in [0.1, 0.15) is 13.3 Å². The van der Waals surface area contributed by atoms with E-state index in [-0.39, 0.29) is 11.9 Å². The van der Waals surface area contributed by atoms with E-state index in [1.165, 1.54) is 0 Å². The number of benzene rings is 1. The van der Waals surface area contributed by atoms with E-state index in [2.05, 4.69) is 0 Å². The molecule has 2 rings (SSSR count). The second-order valence-electron chi connectivity index (χ2n) is 4.41. The van der Waals surface area contributed by atoms with Crippen LogP contribution in [0.5, 0.6) is 5.75 Å². The van der Waals surface area contributed by atoms with Gasteiger partial charge in [-0.2, -0.15) is 0 Å². The molecule has 2 N–H and O–H groups in total. The standard InChI is InChI=1S/C13H18N2O2/c1-10(17-12-5-3-2-4-6-12)13(16)15-8-7-11(14)9-15/h2-6,10-11H,7-9,14H2,1H3/t10-,11-/m0/s1. The topological polar surface area (TPSA) is 55.6 Å². The number of hydrogen-bond donors (Lipinski definition) is 1. The van der Waals surface area contributed by atoms with Crippen LogP contribution in [-0.2, 0) is 4.79 Å². The second kappa shape index (κ2) is 5.19. The molecule has 4 nitrogen and oxygen atoms in total. The van der Waals surface area contributed by atoms with Gasteiger partial charge in [-0.05, 0) is 25.5 Å². The summed E-state index contributed by atoms with van der Waals surface area (Å²) >= 11 is 0. The molecule has 1 aliphatic heterocycles. The van der Waals surface area contributed by atoms with Crippen molar-refractivity contribution in [3.8, 4) is 5.75 Å². The lowest BCUT2D eigenvalue weighted by atomic mass is 10.3. The highest BCUT2D eigenvalue weighted by Gasteiger charge is 2.27. The first kappa shape index (κ1) is 11.9. The Bertz CT molecular complexity index is 380. The minimum absolute atomic E-state index is 0.0156. The first-order chi connectivity index (χ1) is 8.16. The molecule has 4 heteroatoms. The van der Waals surface area contributed by atoms with Crippen molar-refractivity contribution in [1.29, 1.82) is 0 Å². The molecular formula is C13H18N2O2. The maximum absolute atomic E-state index is 12.0. The van der Waals surface area contributed by atoms with Gasteiger partial charge in [0.2, 0.25) is 0 Å². The molecule has 2 atom stereocenters. The van der Waals surface area contributed by atoms with E-state index in [9.17, 15) is 4.79 Å². The van der Waals surface area contributed by atoms with Crippen LogP contribution in [-0.4, -0.2) is 36.0 Å². The van der Waals surface area contributed by atoms with Crippen molar-refractivity contribution in [3.63, 3.8) is 0 Å². The largest absolute Gasteiger partial charge is 0.481 e. The van der Waals surface area contributed by atoms with Gasteiger partial charge in [0, 0.05) is 19.1 Å². The fourth-order valence-corrected chi connectivity index (χ4v) is 2.00. The Hall–Kier alpha value is -1.55. The number of likely N-dealkylation sites (tertiary alicyclic amines) is 1. The summed E-state index contributed by atoms with van der Waals surface area (Å²) in [6, 6.07) is 9.50. The highest BCUT2D eigenvalue weighted by Crippen LogP contribution is 2.14. The molecule has 1 saturated heterocycles. The molecule has 1 fully saturated rings. The Balaban J connectivity index is 1.92. The Morgan fingerprint density at radius 1 is 1.47 bits per heavy atom. The van der Waals surface area contributed by atoms with Crippen molar-refractivity contribution in [2.75, 3.05) is 13.1 Å². The van der Waals surface area contributed by atoms with Crippen LogP contribution in [0.4, 0.5) is 0 Å². The third kappa shape index (κ3) is 2.97. The fourth-order valence-electron chi connectivity index (χ4n) is 2.00. The van der Waals surface area contributed by atoms with Gasteiger partial charge in [-0.3, -0.25) is 4.79 Å². The molecule has 17 heavy (non-hydrogen) atoms. The van der Waals surface area contributed by atoms with Gasteiger partial charge in [-0.15, -0.1) is 0 Å². The van der Waals surface area contributed by atoms with Crippen LogP contribution in [0.25, 0.3) is 0 Å².